The first kappa shape index (κ1) is 8.25. The van der Waals surface area contributed by atoms with Crippen LogP contribution in [0.4, 0.5) is 0 Å². The van der Waals surface area contributed by atoms with Crippen molar-refractivity contribution in [1.29, 1.82) is 0 Å². The molecule has 0 amide bonds. The number of nitrogens with one attached hydrogen (secondary N) is 1. The molecule has 66 valence electrons. The average Bonchev–Trinajstić information content (AvgIpc) is 2.53. The highest BCUT2D eigenvalue weighted by Crippen LogP contribution is 2.18. The highest BCUT2D eigenvalue weighted by Gasteiger charge is 2.02. The van der Waals surface area contributed by atoms with Crippen LogP contribution in [0.25, 0.3) is 11.4 Å². The summed E-state index contributed by atoms with van der Waals surface area (Å²) >= 11 is 3.17. The van der Waals surface area contributed by atoms with Crippen molar-refractivity contribution < 1.29 is 5.11 Å². The van der Waals surface area contributed by atoms with Crippen LogP contribution in [0.5, 0.6) is 5.75 Å². The molecule has 2 N–H and O–H groups in total. The number of hydrogen-bond donors (Lipinski definition) is 2. The van der Waals surface area contributed by atoms with Crippen LogP contribution >= 0.6 is 15.9 Å². The van der Waals surface area contributed by atoms with Crippen LogP contribution in [0.1, 0.15) is 0 Å². The average molecular weight is 240 g/mol. The molecule has 0 saturated carbocycles. The zero-order valence-corrected chi connectivity index (χ0v) is 8.12. The minimum absolute atomic E-state index is 0.235. The molecule has 0 radical (unpaired) electrons. The molecular weight excluding hydrogens is 234 g/mol. The van der Waals surface area contributed by atoms with Gasteiger partial charge in [-0.25, -0.2) is 4.98 Å². The molecule has 0 unspecified atom stereocenters. The Morgan fingerprint density at radius 3 is 2.46 bits per heavy atom. The number of aromatic nitrogens is 3. The summed E-state index contributed by atoms with van der Waals surface area (Å²) in [5.74, 6) is 0.838. The summed E-state index contributed by atoms with van der Waals surface area (Å²) in [7, 11) is 0. The third kappa shape index (κ3) is 1.70. The maximum absolute atomic E-state index is 9.05. The van der Waals surface area contributed by atoms with E-state index in [0.29, 0.717) is 10.6 Å². The Morgan fingerprint density at radius 2 is 1.92 bits per heavy atom. The molecule has 0 atom stereocenters. The quantitative estimate of drug-likeness (QED) is 0.800. The summed E-state index contributed by atoms with van der Waals surface area (Å²) in [5.41, 5.74) is 0.861. The molecule has 1 aromatic carbocycles. The normalized spacial score (nSPS) is 10.2. The fraction of sp³-hybridized carbons (Fsp3) is 0. The van der Waals surface area contributed by atoms with Crippen molar-refractivity contribution in [1.82, 2.24) is 15.2 Å². The number of aromatic amines is 1. The number of benzene rings is 1. The van der Waals surface area contributed by atoms with Gasteiger partial charge in [0.25, 0.3) is 0 Å². The van der Waals surface area contributed by atoms with Crippen LogP contribution < -0.4 is 0 Å². The second-order valence-electron chi connectivity index (χ2n) is 2.50. The lowest BCUT2D eigenvalue weighted by atomic mass is 10.2. The molecule has 2 rings (SSSR count). The van der Waals surface area contributed by atoms with Crippen molar-refractivity contribution in [2.24, 2.45) is 0 Å². The molecule has 13 heavy (non-hydrogen) atoms. The van der Waals surface area contributed by atoms with Gasteiger partial charge in [0.2, 0.25) is 0 Å². The van der Waals surface area contributed by atoms with Crippen LogP contribution in [0.15, 0.2) is 29.0 Å². The number of nitrogens with zero attached hydrogens (tertiary/aromatic N) is 2. The fourth-order valence-electron chi connectivity index (χ4n) is 0.982. The minimum Gasteiger partial charge on any atom is -0.508 e. The van der Waals surface area contributed by atoms with Crippen molar-refractivity contribution in [3.63, 3.8) is 0 Å². The van der Waals surface area contributed by atoms with E-state index in [1.807, 2.05) is 0 Å². The van der Waals surface area contributed by atoms with Gasteiger partial charge in [-0.3, -0.25) is 5.10 Å². The lowest BCUT2D eigenvalue weighted by molar-refractivity contribution is 0.475. The highest BCUT2D eigenvalue weighted by atomic mass is 79.9. The Bertz CT molecular complexity index is 410. The molecule has 2 aromatic rings. The number of phenols is 1. The van der Waals surface area contributed by atoms with Crippen molar-refractivity contribution >= 4 is 15.9 Å². The first-order valence-corrected chi connectivity index (χ1v) is 4.42. The van der Waals surface area contributed by atoms with Gasteiger partial charge in [-0.1, -0.05) is 0 Å². The van der Waals surface area contributed by atoms with Gasteiger partial charge >= 0.3 is 0 Å². The number of H-pyrrole nitrogens is 1. The second-order valence-corrected chi connectivity index (χ2v) is 3.25. The van der Waals surface area contributed by atoms with Gasteiger partial charge in [0.15, 0.2) is 10.6 Å². The maximum Gasteiger partial charge on any atom is 0.193 e. The molecule has 1 aromatic heterocycles. The Morgan fingerprint density at radius 1 is 1.23 bits per heavy atom. The standard InChI is InChI=1S/C8H6BrN3O/c9-8-10-7(11-12-8)5-1-3-6(13)4-2-5/h1-4,13H,(H,10,11,12). The molecule has 0 bridgehead atoms. The second kappa shape index (κ2) is 3.18. The minimum atomic E-state index is 0.235. The van der Waals surface area contributed by atoms with E-state index < -0.39 is 0 Å². The number of rotatable bonds is 1. The van der Waals surface area contributed by atoms with Gasteiger partial charge in [0.05, 0.1) is 0 Å². The Hall–Kier alpha value is -1.36. The van der Waals surface area contributed by atoms with Gasteiger partial charge in [-0.05, 0) is 40.2 Å². The first-order valence-electron chi connectivity index (χ1n) is 3.63. The van der Waals surface area contributed by atoms with Crippen LogP contribution in [0.2, 0.25) is 0 Å². The summed E-state index contributed by atoms with van der Waals surface area (Å²) in [6.45, 7) is 0. The molecular formula is C8H6BrN3O. The maximum atomic E-state index is 9.05. The summed E-state index contributed by atoms with van der Waals surface area (Å²) in [6.07, 6.45) is 0. The van der Waals surface area contributed by atoms with Gasteiger partial charge in [-0.15, -0.1) is 0 Å². The van der Waals surface area contributed by atoms with Crippen LogP contribution in [-0.4, -0.2) is 20.3 Å². The van der Waals surface area contributed by atoms with E-state index in [0.717, 1.165) is 5.56 Å². The smallest absolute Gasteiger partial charge is 0.193 e. The number of halogens is 1. The summed E-state index contributed by atoms with van der Waals surface area (Å²) < 4.78 is 0.593. The molecule has 0 spiro atoms. The van der Waals surface area contributed by atoms with E-state index in [9.17, 15) is 0 Å². The van der Waals surface area contributed by atoms with E-state index in [1.54, 1.807) is 24.3 Å². The zero-order chi connectivity index (χ0) is 9.26. The molecule has 0 aliphatic rings. The van der Waals surface area contributed by atoms with Crippen molar-refractivity contribution in [3.8, 4) is 17.1 Å². The predicted octanol–water partition coefficient (Wildman–Crippen LogP) is 1.94. The van der Waals surface area contributed by atoms with Gasteiger partial charge < -0.3 is 5.11 Å². The molecule has 0 aliphatic heterocycles. The Balaban J connectivity index is 2.41. The van der Waals surface area contributed by atoms with Crippen molar-refractivity contribution in [2.45, 2.75) is 0 Å². The van der Waals surface area contributed by atoms with E-state index in [-0.39, 0.29) is 5.75 Å². The monoisotopic (exact) mass is 239 g/mol. The van der Waals surface area contributed by atoms with Gasteiger partial charge in [0.1, 0.15) is 5.75 Å². The van der Waals surface area contributed by atoms with Crippen LogP contribution in [-0.2, 0) is 0 Å². The topological polar surface area (TPSA) is 61.8 Å². The van der Waals surface area contributed by atoms with E-state index in [1.165, 1.54) is 0 Å². The van der Waals surface area contributed by atoms with Crippen LogP contribution in [0, 0.1) is 0 Å². The SMILES string of the molecule is Oc1ccc(-c2n[nH]c(Br)n2)cc1. The number of aromatic hydroxyl groups is 1. The van der Waals surface area contributed by atoms with E-state index in [2.05, 4.69) is 31.1 Å². The summed E-state index contributed by atoms with van der Waals surface area (Å²) in [5, 5.41) is 15.7. The lowest BCUT2D eigenvalue weighted by Crippen LogP contribution is -1.79. The number of hydrogen-bond acceptors (Lipinski definition) is 3. The third-order valence-corrected chi connectivity index (χ3v) is 1.94. The zero-order valence-electron chi connectivity index (χ0n) is 6.53. The van der Waals surface area contributed by atoms with Gasteiger partial charge in [-0.2, -0.15) is 5.10 Å². The van der Waals surface area contributed by atoms with Crippen molar-refractivity contribution in [2.75, 3.05) is 0 Å². The Kier molecular flexibility index (Phi) is 2.02. The Labute approximate surface area is 82.8 Å². The highest BCUT2D eigenvalue weighted by molar-refractivity contribution is 9.10. The molecule has 5 heteroatoms. The predicted molar refractivity (Wildman–Crippen MR) is 51.2 cm³/mol. The first-order chi connectivity index (χ1) is 6.25. The number of phenolic OH excluding ortho intramolecular Hbond substituents is 1. The molecule has 1 heterocycles. The molecule has 0 aliphatic carbocycles. The molecule has 4 nitrogen and oxygen atoms in total. The third-order valence-electron chi connectivity index (χ3n) is 1.58. The van der Waals surface area contributed by atoms with Crippen LogP contribution in [0.3, 0.4) is 0 Å². The summed E-state index contributed by atoms with van der Waals surface area (Å²) in [6, 6.07) is 6.70. The lowest BCUT2D eigenvalue weighted by Gasteiger charge is -1.93. The molecule has 0 saturated heterocycles. The van der Waals surface area contributed by atoms with Crippen molar-refractivity contribution in [3.05, 3.63) is 29.0 Å². The van der Waals surface area contributed by atoms with Gasteiger partial charge in [0, 0.05) is 5.56 Å². The fourth-order valence-corrected chi connectivity index (χ4v) is 1.24. The van der Waals surface area contributed by atoms with E-state index >= 15 is 0 Å². The van der Waals surface area contributed by atoms with E-state index in [4.69, 9.17) is 5.11 Å². The largest absolute Gasteiger partial charge is 0.508 e. The summed E-state index contributed by atoms with van der Waals surface area (Å²) in [4.78, 5) is 4.08. The molecule has 0 fully saturated rings.